The maximum Gasteiger partial charge on any atom is 0.416 e. The van der Waals surface area contributed by atoms with Gasteiger partial charge in [-0.05, 0) is 31.2 Å². The quantitative estimate of drug-likeness (QED) is 0.840. The van der Waals surface area contributed by atoms with Crippen LogP contribution in [0, 0.1) is 0 Å². The van der Waals surface area contributed by atoms with Gasteiger partial charge in [-0.15, -0.1) is 11.3 Å². The van der Waals surface area contributed by atoms with E-state index in [-0.39, 0.29) is 5.56 Å². The average molecular weight is 335 g/mol. The maximum absolute atomic E-state index is 13.2. The van der Waals surface area contributed by atoms with Crippen LogP contribution < -0.4 is 5.32 Å². The van der Waals surface area contributed by atoms with Crippen LogP contribution in [-0.4, -0.2) is 11.5 Å². The van der Waals surface area contributed by atoms with Crippen LogP contribution in [0.2, 0.25) is 4.34 Å². The highest BCUT2D eigenvalue weighted by Crippen LogP contribution is 2.38. The van der Waals surface area contributed by atoms with Crippen molar-refractivity contribution in [2.45, 2.75) is 25.6 Å². The number of thiophene rings is 1. The molecule has 0 aliphatic carbocycles. The topological polar surface area (TPSA) is 24.9 Å². The number of rotatable bonds is 5. The molecule has 0 saturated carbocycles. The number of halogens is 4. The monoisotopic (exact) mass is 334 g/mol. The van der Waals surface area contributed by atoms with Gasteiger partial charge in [0, 0.05) is 22.8 Å². The van der Waals surface area contributed by atoms with E-state index in [1.807, 2.05) is 6.92 Å². The first kappa shape index (κ1) is 16.3. The summed E-state index contributed by atoms with van der Waals surface area (Å²) >= 11 is 7.18. The average Bonchev–Trinajstić information content (AvgIpc) is 2.85. The third-order valence-electron chi connectivity index (χ3n) is 2.95. The number of pyridine rings is 1. The van der Waals surface area contributed by atoms with Gasteiger partial charge in [-0.2, -0.15) is 13.2 Å². The van der Waals surface area contributed by atoms with Gasteiger partial charge in [0.25, 0.3) is 0 Å². The Hall–Kier alpha value is -1.11. The minimum atomic E-state index is -4.41. The molecule has 1 unspecified atom stereocenters. The van der Waals surface area contributed by atoms with Crippen molar-refractivity contribution in [1.82, 2.24) is 10.3 Å². The molecule has 0 radical (unpaired) electrons. The molecule has 0 fully saturated rings. The summed E-state index contributed by atoms with van der Waals surface area (Å²) in [7, 11) is 0. The Morgan fingerprint density at radius 3 is 2.67 bits per heavy atom. The largest absolute Gasteiger partial charge is 0.416 e. The molecule has 0 aliphatic heterocycles. The van der Waals surface area contributed by atoms with Gasteiger partial charge in [-0.1, -0.05) is 18.5 Å². The van der Waals surface area contributed by atoms with Crippen LogP contribution >= 0.6 is 22.9 Å². The molecule has 2 nitrogen and oxygen atoms in total. The van der Waals surface area contributed by atoms with Crippen molar-refractivity contribution < 1.29 is 13.2 Å². The smallest absolute Gasteiger partial charge is 0.306 e. The Morgan fingerprint density at radius 2 is 2.10 bits per heavy atom. The SMILES string of the molecule is CCCNC(c1ccc(Cl)s1)c1cnccc1C(F)(F)F. The second-order valence-electron chi connectivity index (χ2n) is 4.49. The molecule has 1 atom stereocenters. The van der Waals surface area contributed by atoms with Crippen LogP contribution in [0.3, 0.4) is 0 Å². The molecule has 2 heterocycles. The van der Waals surface area contributed by atoms with Crippen molar-refractivity contribution in [2.75, 3.05) is 6.54 Å². The second kappa shape index (κ2) is 6.77. The molecule has 0 aliphatic rings. The van der Waals surface area contributed by atoms with E-state index in [0.717, 1.165) is 23.6 Å². The lowest BCUT2D eigenvalue weighted by molar-refractivity contribution is -0.138. The van der Waals surface area contributed by atoms with Gasteiger partial charge in [0.15, 0.2) is 0 Å². The van der Waals surface area contributed by atoms with E-state index >= 15 is 0 Å². The molecule has 2 aromatic rings. The molecule has 114 valence electrons. The first-order valence-electron chi connectivity index (χ1n) is 6.43. The molecule has 0 amide bonds. The maximum atomic E-state index is 13.2. The van der Waals surface area contributed by atoms with E-state index in [4.69, 9.17) is 11.6 Å². The van der Waals surface area contributed by atoms with Crippen LogP contribution in [0.5, 0.6) is 0 Å². The predicted octanol–water partition coefficient (Wildman–Crippen LogP) is 4.90. The van der Waals surface area contributed by atoms with Gasteiger partial charge in [0.05, 0.1) is 15.9 Å². The van der Waals surface area contributed by atoms with Gasteiger partial charge >= 0.3 is 6.18 Å². The van der Waals surface area contributed by atoms with Crippen molar-refractivity contribution in [3.05, 3.63) is 50.9 Å². The Kier molecular flexibility index (Phi) is 5.24. The normalized spacial score (nSPS) is 13.4. The first-order valence-corrected chi connectivity index (χ1v) is 7.62. The number of alkyl halides is 3. The van der Waals surface area contributed by atoms with E-state index < -0.39 is 17.8 Å². The Balaban J connectivity index is 2.46. The fourth-order valence-corrected chi connectivity index (χ4v) is 3.19. The number of aromatic nitrogens is 1. The van der Waals surface area contributed by atoms with Crippen LogP contribution in [0.1, 0.15) is 35.4 Å². The summed E-state index contributed by atoms with van der Waals surface area (Å²) in [6.45, 7) is 2.56. The van der Waals surface area contributed by atoms with Crippen molar-refractivity contribution in [1.29, 1.82) is 0 Å². The number of nitrogens with zero attached hydrogens (tertiary/aromatic N) is 1. The molecular formula is C14H14ClF3N2S. The zero-order valence-corrected chi connectivity index (χ0v) is 12.8. The third-order valence-corrected chi connectivity index (χ3v) is 4.24. The standard InChI is InChI=1S/C14H14ClF3N2S/c1-2-6-20-13(11-3-4-12(15)21-11)9-8-19-7-5-10(9)14(16,17)18/h3-5,7-8,13,20H,2,6H2,1H3. The van der Waals surface area contributed by atoms with E-state index in [1.165, 1.54) is 17.5 Å². The molecule has 0 spiro atoms. The van der Waals surface area contributed by atoms with E-state index in [1.54, 1.807) is 12.1 Å². The number of hydrogen-bond acceptors (Lipinski definition) is 3. The van der Waals surface area contributed by atoms with Crippen LogP contribution in [-0.2, 0) is 6.18 Å². The Bertz CT molecular complexity index is 598. The van der Waals surface area contributed by atoms with Crippen molar-refractivity contribution in [3.8, 4) is 0 Å². The predicted molar refractivity (Wildman–Crippen MR) is 78.7 cm³/mol. The summed E-state index contributed by atoms with van der Waals surface area (Å²) in [5, 5.41) is 3.14. The van der Waals surface area contributed by atoms with Crippen molar-refractivity contribution in [2.24, 2.45) is 0 Å². The highest BCUT2D eigenvalue weighted by Gasteiger charge is 2.35. The number of hydrogen-bond donors (Lipinski definition) is 1. The summed E-state index contributed by atoms with van der Waals surface area (Å²) in [4.78, 5) is 4.59. The molecule has 7 heteroatoms. The third kappa shape index (κ3) is 3.96. The van der Waals surface area contributed by atoms with Gasteiger partial charge in [0.1, 0.15) is 0 Å². The molecule has 1 N–H and O–H groups in total. The zero-order valence-electron chi connectivity index (χ0n) is 11.2. The molecular weight excluding hydrogens is 321 g/mol. The second-order valence-corrected chi connectivity index (χ2v) is 6.24. The summed E-state index contributed by atoms with van der Waals surface area (Å²) < 4.78 is 40.1. The minimum absolute atomic E-state index is 0.122. The van der Waals surface area contributed by atoms with Gasteiger partial charge in [-0.25, -0.2) is 0 Å². The Labute approximate surface area is 130 Å². The molecule has 0 bridgehead atoms. The highest BCUT2D eigenvalue weighted by molar-refractivity contribution is 7.16. The fraction of sp³-hybridized carbons (Fsp3) is 0.357. The van der Waals surface area contributed by atoms with Crippen LogP contribution in [0.25, 0.3) is 0 Å². The van der Waals surface area contributed by atoms with Gasteiger partial charge in [0.2, 0.25) is 0 Å². The van der Waals surface area contributed by atoms with Gasteiger partial charge < -0.3 is 5.32 Å². The minimum Gasteiger partial charge on any atom is -0.306 e. The van der Waals surface area contributed by atoms with Crippen molar-refractivity contribution in [3.63, 3.8) is 0 Å². The molecule has 2 aromatic heterocycles. The summed E-state index contributed by atoms with van der Waals surface area (Å²) in [5.41, 5.74) is -0.549. The summed E-state index contributed by atoms with van der Waals surface area (Å²) in [6.07, 6.45) is -1.17. The lowest BCUT2D eigenvalue weighted by Crippen LogP contribution is -2.25. The molecule has 2 rings (SSSR count). The van der Waals surface area contributed by atoms with Crippen LogP contribution in [0.15, 0.2) is 30.6 Å². The number of nitrogens with one attached hydrogen (secondary N) is 1. The Morgan fingerprint density at radius 1 is 1.33 bits per heavy atom. The van der Waals surface area contributed by atoms with E-state index in [9.17, 15) is 13.2 Å². The van der Waals surface area contributed by atoms with E-state index in [0.29, 0.717) is 10.9 Å². The first-order chi connectivity index (χ1) is 9.93. The fourth-order valence-electron chi connectivity index (χ4n) is 2.03. The van der Waals surface area contributed by atoms with E-state index in [2.05, 4.69) is 10.3 Å². The highest BCUT2D eigenvalue weighted by atomic mass is 35.5. The summed E-state index contributed by atoms with van der Waals surface area (Å²) in [6, 6.07) is 3.87. The lowest BCUT2D eigenvalue weighted by atomic mass is 10.0. The zero-order chi connectivity index (χ0) is 15.5. The molecule has 0 saturated heterocycles. The molecule has 21 heavy (non-hydrogen) atoms. The lowest BCUT2D eigenvalue weighted by Gasteiger charge is -2.21. The van der Waals surface area contributed by atoms with Crippen molar-refractivity contribution >= 4 is 22.9 Å². The van der Waals surface area contributed by atoms with Crippen LogP contribution in [0.4, 0.5) is 13.2 Å². The molecule has 0 aromatic carbocycles. The summed E-state index contributed by atoms with van der Waals surface area (Å²) in [5.74, 6) is 0. The van der Waals surface area contributed by atoms with Gasteiger partial charge in [-0.3, -0.25) is 4.98 Å².